The summed E-state index contributed by atoms with van der Waals surface area (Å²) in [6.45, 7) is 2.08. The fourth-order valence-electron chi connectivity index (χ4n) is 1.42. The lowest BCUT2D eigenvalue weighted by Gasteiger charge is -1.98. The third kappa shape index (κ3) is 6.40. The van der Waals surface area contributed by atoms with Gasteiger partial charge in [-0.15, -0.1) is 0 Å². The molecule has 0 aliphatic carbocycles. The maximum Gasteiger partial charge on any atom is 0.328 e. The zero-order valence-corrected chi connectivity index (χ0v) is 11.6. The van der Waals surface area contributed by atoms with E-state index in [2.05, 4.69) is 19.1 Å². The van der Waals surface area contributed by atoms with Crippen LogP contribution in [0.15, 0.2) is 60.7 Å². The third-order valence-corrected chi connectivity index (χ3v) is 2.47. The lowest BCUT2D eigenvalue weighted by atomic mass is 10.2. The van der Waals surface area contributed by atoms with Gasteiger partial charge in [0.2, 0.25) is 0 Å². The predicted molar refractivity (Wildman–Crippen MR) is 80.8 cm³/mol. The molecule has 2 aromatic rings. The van der Waals surface area contributed by atoms with E-state index in [9.17, 15) is 4.79 Å². The molecule has 0 fully saturated rings. The molecule has 2 rings (SSSR count). The third-order valence-electron chi connectivity index (χ3n) is 2.47. The van der Waals surface area contributed by atoms with E-state index in [0.29, 0.717) is 0 Å². The van der Waals surface area contributed by atoms with Crippen molar-refractivity contribution in [1.29, 1.82) is 0 Å². The molecule has 20 heavy (non-hydrogen) atoms. The first-order chi connectivity index (χ1) is 9.61. The molecule has 3 nitrogen and oxygen atoms in total. The number of ether oxygens (including phenoxy) is 1. The van der Waals surface area contributed by atoms with Crippen LogP contribution in [0.25, 0.3) is 6.08 Å². The van der Waals surface area contributed by atoms with E-state index < -0.39 is 5.97 Å². The molecule has 104 valence electrons. The van der Waals surface area contributed by atoms with Crippen LogP contribution in [0.4, 0.5) is 0 Å². The van der Waals surface area contributed by atoms with Crippen molar-refractivity contribution < 1.29 is 14.6 Å². The molecule has 0 radical (unpaired) electrons. The van der Waals surface area contributed by atoms with Crippen molar-refractivity contribution in [3.8, 4) is 5.75 Å². The molecule has 0 bridgehead atoms. The minimum absolute atomic E-state index is 0.757. The summed E-state index contributed by atoms with van der Waals surface area (Å²) >= 11 is 0. The highest BCUT2D eigenvalue weighted by atomic mass is 16.5. The van der Waals surface area contributed by atoms with Gasteiger partial charge in [0.25, 0.3) is 0 Å². The Morgan fingerprint density at radius 1 is 1.05 bits per heavy atom. The van der Waals surface area contributed by atoms with Crippen molar-refractivity contribution in [1.82, 2.24) is 0 Å². The van der Waals surface area contributed by atoms with E-state index in [1.807, 2.05) is 18.2 Å². The second-order valence-electron chi connectivity index (χ2n) is 4.10. The van der Waals surface area contributed by atoms with Crippen LogP contribution in [-0.4, -0.2) is 18.2 Å². The molecular formula is C17H18O3. The summed E-state index contributed by atoms with van der Waals surface area (Å²) in [6.07, 6.45) is 2.63. The molecule has 0 saturated carbocycles. The highest BCUT2D eigenvalue weighted by Crippen LogP contribution is 2.11. The van der Waals surface area contributed by atoms with Crippen LogP contribution in [0.3, 0.4) is 0 Å². The quantitative estimate of drug-likeness (QED) is 0.863. The predicted octanol–water partition coefficient (Wildman–Crippen LogP) is 3.79. The van der Waals surface area contributed by atoms with Crippen LogP contribution in [-0.2, 0) is 4.79 Å². The average molecular weight is 270 g/mol. The lowest BCUT2D eigenvalue weighted by Crippen LogP contribution is -1.86. The smallest absolute Gasteiger partial charge is 0.328 e. The van der Waals surface area contributed by atoms with Crippen LogP contribution in [0.5, 0.6) is 5.75 Å². The Morgan fingerprint density at radius 2 is 1.65 bits per heavy atom. The van der Waals surface area contributed by atoms with E-state index in [-0.39, 0.29) is 0 Å². The first kappa shape index (κ1) is 15.5. The number of benzene rings is 2. The molecule has 0 aliphatic heterocycles. The standard InChI is InChI=1S/C10H10O3.C7H8/c1-13-9-5-2-8(3-6-9)4-7-10(11)12;1-7-5-3-2-4-6-7/h2-7H,1H3,(H,11,12);2-6H,1H3/b7-4+;. The average Bonchev–Trinajstić information content (AvgIpc) is 2.47. The molecule has 0 aromatic heterocycles. The molecule has 1 N–H and O–H groups in total. The number of aliphatic carboxylic acids is 1. The molecule has 0 aliphatic rings. The number of rotatable bonds is 3. The van der Waals surface area contributed by atoms with Gasteiger partial charge in [-0.05, 0) is 30.7 Å². The van der Waals surface area contributed by atoms with Crippen LogP contribution < -0.4 is 4.74 Å². The number of hydrogen-bond acceptors (Lipinski definition) is 2. The van der Waals surface area contributed by atoms with Crippen molar-refractivity contribution in [3.63, 3.8) is 0 Å². The number of carboxylic acids is 1. The Hall–Kier alpha value is -2.55. The fourth-order valence-corrected chi connectivity index (χ4v) is 1.42. The molecular weight excluding hydrogens is 252 g/mol. The van der Waals surface area contributed by atoms with Crippen LogP contribution in [0.1, 0.15) is 11.1 Å². The van der Waals surface area contributed by atoms with Gasteiger partial charge < -0.3 is 9.84 Å². The maximum atomic E-state index is 10.2. The zero-order valence-electron chi connectivity index (χ0n) is 11.6. The Labute approximate surface area is 119 Å². The highest BCUT2D eigenvalue weighted by molar-refractivity contribution is 5.85. The highest BCUT2D eigenvalue weighted by Gasteiger charge is 1.91. The molecule has 0 amide bonds. The van der Waals surface area contributed by atoms with Crippen molar-refractivity contribution in [2.45, 2.75) is 6.92 Å². The van der Waals surface area contributed by atoms with Gasteiger partial charge in [0.15, 0.2) is 0 Å². The summed E-state index contributed by atoms with van der Waals surface area (Å²) in [4.78, 5) is 10.2. The second kappa shape index (κ2) is 8.53. The lowest BCUT2D eigenvalue weighted by molar-refractivity contribution is -0.131. The van der Waals surface area contributed by atoms with Crippen molar-refractivity contribution in [3.05, 3.63) is 71.8 Å². The van der Waals surface area contributed by atoms with Gasteiger partial charge in [-0.1, -0.05) is 48.0 Å². The molecule has 0 atom stereocenters. The molecule has 0 unspecified atom stereocenters. The fraction of sp³-hybridized carbons (Fsp3) is 0.118. The minimum atomic E-state index is -0.948. The number of methoxy groups -OCH3 is 1. The molecule has 2 aromatic carbocycles. The minimum Gasteiger partial charge on any atom is -0.497 e. The summed E-state index contributed by atoms with van der Waals surface area (Å²) in [6, 6.07) is 17.4. The van der Waals surface area contributed by atoms with E-state index in [1.165, 1.54) is 11.6 Å². The van der Waals surface area contributed by atoms with Crippen molar-refractivity contribution in [2.24, 2.45) is 0 Å². The van der Waals surface area contributed by atoms with E-state index in [0.717, 1.165) is 17.4 Å². The number of hydrogen-bond donors (Lipinski definition) is 1. The van der Waals surface area contributed by atoms with Gasteiger partial charge in [-0.25, -0.2) is 4.79 Å². The molecule has 3 heteroatoms. The molecule has 0 saturated heterocycles. The molecule has 0 heterocycles. The number of carboxylic acid groups (broad SMARTS) is 1. The maximum absolute atomic E-state index is 10.2. The largest absolute Gasteiger partial charge is 0.497 e. The van der Waals surface area contributed by atoms with E-state index in [4.69, 9.17) is 9.84 Å². The van der Waals surface area contributed by atoms with Gasteiger partial charge in [0.05, 0.1) is 7.11 Å². The zero-order chi connectivity index (χ0) is 14.8. The summed E-state index contributed by atoms with van der Waals surface area (Å²) < 4.78 is 4.95. The Kier molecular flexibility index (Phi) is 6.62. The number of carbonyl (C=O) groups is 1. The van der Waals surface area contributed by atoms with Crippen molar-refractivity contribution >= 4 is 12.0 Å². The van der Waals surface area contributed by atoms with Crippen LogP contribution >= 0.6 is 0 Å². The second-order valence-corrected chi connectivity index (χ2v) is 4.10. The Bertz CT molecular complexity index is 542. The normalized spacial score (nSPS) is 9.70. The number of aryl methyl sites for hydroxylation is 1. The molecule has 0 spiro atoms. The summed E-state index contributed by atoms with van der Waals surface area (Å²) in [5, 5.41) is 8.36. The van der Waals surface area contributed by atoms with Gasteiger partial charge in [0, 0.05) is 6.08 Å². The summed E-state index contributed by atoms with van der Waals surface area (Å²) in [7, 11) is 1.59. The Morgan fingerprint density at radius 3 is 2.05 bits per heavy atom. The summed E-state index contributed by atoms with van der Waals surface area (Å²) in [5.41, 5.74) is 2.16. The summed E-state index contributed by atoms with van der Waals surface area (Å²) in [5.74, 6) is -0.191. The van der Waals surface area contributed by atoms with Gasteiger partial charge >= 0.3 is 5.97 Å². The topological polar surface area (TPSA) is 46.5 Å². The monoisotopic (exact) mass is 270 g/mol. The van der Waals surface area contributed by atoms with Crippen LogP contribution in [0.2, 0.25) is 0 Å². The van der Waals surface area contributed by atoms with Crippen molar-refractivity contribution in [2.75, 3.05) is 7.11 Å². The first-order valence-electron chi connectivity index (χ1n) is 6.18. The SMILES string of the molecule is COc1ccc(/C=C/C(=O)O)cc1.Cc1ccccc1. The van der Waals surface area contributed by atoms with Gasteiger partial charge in [-0.3, -0.25) is 0 Å². The first-order valence-corrected chi connectivity index (χ1v) is 6.18. The van der Waals surface area contributed by atoms with Crippen LogP contribution in [0, 0.1) is 6.92 Å². The van der Waals surface area contributed by atoms with E-state index >= 15 is 0 Å². The Balaban J connectivity index is 0.000000240. The van der Waals surface area contributed by atoms with Gasteiger partial charge in [-0.2, -0.15) is 0 Å². The van der Waals surface area contributed by atoms with Gasteiger partial charge in [0.1, 0.15) is 5.75 Å². The van der Waals surface area contributed by atoms with E-state index in [1.54, 1.807) is 31.4 Å².